The van der Waals surface area contributed by atoms with Gasteiger partial charge in [0.25, 0.3) is 0 Å². The van der Waals surface area contributed by atoms with Crippen LogP contribution >= 0.6 is 0 Å². The number of hydrogen-bond acceptors (Lipinski definition) is 4. The maximum atomic E-state index is 5.39. The zero-order valence-electron chi connectivity index (χ0n) is 13.8. The van der Waals surface area contributed by atoms with Crippen molar-refractivity contribution in [3.8, 4) is 22.9 Å². The number of aromatic nitrogens is 2. The van der Waals surface area contributed by atoms with E-state index in [0.717, 1.165) is 11.1 Å². The van der Waals surface area contributed by atoms with Gasteiger partial charge in [-0.25, -0.2) is 0 Å². The highest BCUT2D eigenvalue weighted by Gasteiger charge is 2.19. The molecule has 0 unspecified atom stereocenters. The van der Waals surface area contributed by atoms with Gasteiger partial charge in [-0.3, -0.25) is 0 Å². The van der Waals surface area contributed by atoms with Gasteiger partial charge in [-0.2, -0.15) is 0 Å². The number of rotatable bonds is 3. The second-order valence-corrected chi connectivity index (χ2v) is 5.31. The highest BCUT2D eigenvalue weighted by Crippen LogP contribution is 2.38. The summed E-state index contributed by atoms with van der Waals surface area (Å²) in [6.07, 6.45) is 0. The quantitative estimate of drug-likeness (QED) is 0.863. The van der Waals surface area contributed by atoms with Gasteiger partial charge in [0.2, 0.25) is 11.8 Å². The van der Waals surface area contributed by atoms with E-state index in [-0.39, 0.29) is 0 Å². The van der Waals surface area contributed by atoms with Crippen LogP contribution in [0.4, 0.5) is 0 Å². The number of benzene rings is 1. The number of ether oxygens (including phenoxy) is 2. The van der Waals surface area contributed by atoms with Gasteiger partial charge >= 0.3 is 0 Å². The molecular weight excluding hydrogens is 264 g/mol. The van der Waals surface area contributed by atoms with Gasteiger partial charge in [0.1, 0.15) is 0 Å². The van der Waals surface area contributed by atoms with Crippen molar-refractivity contribution < 1.29 is 9.47 Å². The fourth-order valence-corrected chi connectivity index (χ4v) is 2.70. The second kappa shape index (κ2) is 5.72. The summed E-state index contributed by atoms with van der Waals surface area (Å²) in [4.78, 5) is 0. The highest BCUT2D eigenvalue weighted by atomic mass is 16.5. The molecule has 0 aliphatic carbocycles. The monoisotopic (exact) mass is 286 g/mol. The maximum absolute atomic E-state index is 5.39. The third-order valence-electron chi connectivity index (χ3n) is 4.41. The van der Waals surface area contributed by atoms with Crippen LogP contribution in [0.25, 0.3) is 11.1 Å². The molecule has 0 aliphatic heterocycles. The SMILES string of the molecule is COc1cc(-c2c(C)c(C)c(C)c(C)c2C)c(OC)nn1. The van der Waals surface area contributed by atoms with Crippen LogP contribution in [0.2, 0.25) is 0 Å². The molecule has 4 heteroatoms. The first-order valence-corrected chi connectivity index (χ1v) is 6.95. The van der Waals surface area contributed by atoms with Gasteiger partial charge in [-0.05, 0) is 68.0 Å². The smallest absolute Gasteiger partial charge is 0.241 e. The minimum absolute atomic E-state index is 0.487. The molecule has 0 bridgehead atoms. The molecule has 21 heavy (non-hydrogen) atoms. The third kappa shape index (κ3) is 2.46. The summed E-state index contributed by atoms with van der Waals surface area (Å²) < 4.78 is 10.6. The molecule has 0 atom stereocenters. The third-order valence-corrected chi connectivity index (χ3v) is 4.41. The van der Waals surface area contributed by atoms with Crippen molar-refractivity contribution >= 4 is 0 Å². The van der Waals surface area contributed by atoms with Gasteiger partial charge in [-0.15, -0.1) is 10.2 Å². The fraction of sp³-hybridized carbons (Fsp3) is 0.412. The molecule has 1 aromatic carbocycles. The van der Waals surface area contributed by atoms with Crippen molar-refractivity contribution in [2.45, 2.75) is 34.6 Å². The van der Waals surface area contributed by atoms with Crippen LogP contribution < -0.4 is 9.47 Å². The predicted octanol–water partition coefficient (Wildman–Crippen LogP) is 3.70. The van der Waals surface area contributed by atoms with Gasteiger partial charge in [0.15, 0.2) is 0 Å². The molecule has 0 spiro atoms. The second-order valence-electron chi connectivity index (χ2n) is 5.31. The normalized spacial score (nSPS) is 10.6. The van der Waals surface area contributed by atoms with E-state index in [9.17, 15) is 0 Å². The Balaban J connectivity index is 2.84. The maximum Gasteiger partial charge on any atom is 0.241 e. The largest absolute Gasteiger partial charge is 0.480 e. The number of nitrogens with zero attached hydrogens (tertiary/aromatic N) is 2. The molecule has 0 saturated carbocycles. The van der Waals surface area contributed by atoms with Crippen molar-refractivity contribution in [2.24, 2.45) is 0 Å². The summed E-state index contributed by atoms with van der Waals surface area (Å²) in [7, 11) is 3.20. The van der Waals surface area contributed by atoms with Crippen LogP contribution in [0.5, 0.6) is 11.8 Å². The number of methoxy groups -OCH3 is 2. The van der Waals surface area contributed by atoms with E-state index in [0.29, 0.717) is 11.8 Å². The lowest BCUT2D eigenvalue weighted by atomic mass is 9.87. The summed E-state index contributed by atoms with van der Waals surface area (Å²) in [5, 5.41) is 8.09. The van der Waals surface area contributed by atoms with Gasteiger partial charge in [0.05, 0.1) is 19.8 Å². The van der Waals surface area contributed by atoms with Gasteiger partial charge in [0, 0.05) is 6.07 Å². The van der Waals surface area contributed by atoms with E-state index in [4.69, 9.17) is 9.47 Å². The zero-order valence-corrected chi connectivity index (χ0v) is 13.8. The van der Waals surface area contributed by atoms with Crippen LogP contribution in [-0.4, -0.2) is 24.4 Å². The summed E-state index contributed by atoms with van der Waals surface area (Å²) in [5.74, 6) is 1.00. The molecule has 0 radical (unpaired) electrons. The molecule has 0 fully saturated rings. The van der Waals surface area contributed by atoms with Crippen molar-refractivity contribution in [3.05, 3.63) is 33.9 Å². The standard InChI is InChI=1S/C17H22N2O2/c1-9-10(2)12(4)16(13(5)11(9)3)14-8-15(20-6)18-19-17(14)21-7/h8H,1-7H3. The van der Waals surface area contributed by atoms with E-state index in [1.54, 1.807) is 14.2 Å². The molecule has 4 nitrogen and oxygen atoms in total. The Bertz CT molecular complexity index is 665. The first-order valence-electron chi connectivity index (χ1n) is 6.95. The summed E-state index contributed by atoms with van der Waals surface area (Å²) >= 11 is 0. The molecule has 1 aromatic heterocycles. The molecule has 0 saturated heterocycles. The molecule has 1 heterocycles. The van der Waals surface area contributed by atoms with Crippen molar-refractivity contribution in [1.29, 1.82) is 0 Å². The van der Waals surface area contributed by atoms with Crippen molar-refractivity contribution in [1.82, 2.24) is 10.2 Å². The van der Waals surface area contributed by atoms with E-state index in [1.807, 2.05) is 6.07 Å². The minimum Gasteiger partial charge on any atom is -0.480 e. The Hall–Kier alpha value is -2.10. The zero-order chi connectivity index (χ0) is 15.7. The lowest BCUT2D eigenvalue weighted by molar-refractivity contribution is 0.369. The van der Waals surface area contributed by atoms with E-state index >= 15 is 0 Å². The average molecular weight is 286 g/mol. The van der Waals surface area contributed by atoms with Gasteiger partial charge in [-0.1, -0.05) is 0 Å². The highest BCUT2D eigenvalue weighted by molar-refractivity contribution is 5.78. The van der Waals surface area contributed by atoms with Crippen molar-refractivity contribution in [3.63, 3.8) is 0 Å². The van der Waals surface area contributed by atoms with Crippen LogP contribution in [0.1, 0.15) is 27.8 Å². The minimum atomic E-state index is 0.487. The topological polar surface area (TPSA) is 44.2 Å². The summed E-state index contributed by atoms with van der Waals surface area (Å²) in [6.45, 7) is 10.7. The Kier molecular flexibility index (Phi) is 4.16. The van der Waals surface area contributed by atoms with E-state index in [2.05, 4.69) is 44.8 Å². The molecule has 0 N–H and O–H groups in total. The van der Waals surface area contributed by atoms with Crippen molar-refractivity contribution in [2.75, 3.05) is 14.2 Å². The van der Waals surface area contributed by atoms with Gasteiger partial charge < -0.3 is 9.47 Å². The molecule has 0 amide bonds. The Morgan fingerprint density at radius 1 is 0.714 bits per heavy atom. The van der Waals surface area contributed by atoms with Crippen LogP contribution in [-0.2, 0) is 0 Å². The van der Waals surface area contributed by atoms with Crippen LogP contribution in [0.3, 0.4) is 0 Å². The number of hydrogen-bond donors (Lipinski definition) is 0. The summed E-state index contributed by atoms with van der Waals surface area (Å²) in [6, 6.07) is 1.88. The Morgan fingerprint density at radius 2 is 1.24 bits per heavy atom. The van der Waals surface area contributed by atoms with Crippen LogP contribution in [0.15, 0.2) is 6.07 Å². The molecular formula is C17H22N2O2. The van der Waals surface area contributed by atoms with E-state index < -0.39 is 0 Å². The molecule has 2 aromatic rings. The first kappa shape index (κ1) is 15.3. The molecule has 112 valence electrons. The lowest BCUT2D eigenvalue weighted by Gasteiger charge is -2.20. The fourth-order valence-electron chi connectivity index (χ4n) is 2.70. The predicted molar refractivity (Wildman–Crippen MR) is 84.3 cm³/mol. The Morgan fingerprint density at radius 3 is 1.71 bits per heavy atom. The average Bonchev–Trinajstić information content (AvgIpc) is 2.51. The molecule has 2 rings (SSSR count). The Labute approximate surface area is 126 Å². The first-order chi connectivity index (χ1) is 9.92. The van der Waals surface area contributed by atoms with Crippen LogP contribution in [0, 0.1) is 34.6 Å². The lowest BCUT2D eigenvalue weighted by Crippen LogP contribution is -2.03. The summed E-state index contributed by atoms with van der Waals surface area (Å²) in [5.41, 5.74) is 8.48. The molecule has 0 aliphatic rings. The van der Waals surface area contributed by atoms with E-state index in [1.165, 1.54) is 27.8 Å².